The molecule has 0 saturated carbocycles. The van der Waals surface area contributed by atoms with Gasteiger partial charge in [-0.1, -0.05) is 6.42 Å². The highest BCUT2D eigenvalue weighted by Crippen LogP contribution is 2.24. The zero-order valence-corrected chi connectivity index (χ0v) is 15.8. The van der Waals surface area contributed by atoms with Gasteiger partial charge in [-0.15, -0.1) is 0 Å². The maximum absolute atomic E-state index is 12.7. The van der Waals surface area contributed by atoms with Gasteiger partial charge >= 0.3 is 0 Å². The molecule has 2 heterocycles. The maximum atomic E-state index is 12.7. The molecule has 29 heavy (non-hydrogen) atoms. The quantitative estimate of drug-likeness (QED) is 0.401. The number of nitrogens with zero attached hydrogens (tertiary/aromatic N) is 2. The van der Waals surface area contributed by atoms with E-state index in [1.54, 1.807) is 18.2 Å². The van der Waals surface area contributed by atoms with Crippen LogP contribution in [-0.4, -0.2) is 35.4 Å². The van der Waals surface area contributed by atoms with Gasteiger partial charge in [-0.05, 0) is 44.1 Å². The molecule has 1 aliphatic heterocycles. The monoisotopic (exact) mass is 395 g/mol. The number of likely N-dealkylation sites (tertiary alicyclic amines) is 1. The summed E-state index contributed by atoms with van der Waals surface area (Å²) in [4.78, 5) is 37.7. The van der Waals surface area contributed by atoms with Gasteiger partial charge in [0, 0.05) is 36.9 Å². The number of fused-ring (bicyclic) bond motifs is 2. The lowest BCUT2D eigenvalue weighted by atomic mass is 10.1. The van der Waals surface area contributed by atoms with Crippen molar-refractivity contribution in [3.8, 4) is 0 Å². The van der Waals surface area contributed by atoms with Crippen molar-refractivity contribution in [3.05, 3.63) is 56.7 Å². The second-order valence-corrected chi connectivity index (χ2v) is 7.28. The normalized spacial score (nSPS) is 14.9. The average molecular weight is 395 g/mol. The van der Waals surface area contributed by atoms with Crippen LogP contribution >= 0.6 is 0 Å². The van der Waals surface area contributed by atoms with E-state index in [-0.39, 0.29) is 28.0 Å². The molecular formula is C21H21N3O5. The number of non-ortho nitro benzene ring substituents is 1. The van der Waals surface area contributed by atoms with Crippen LogP contribution in [0, 0.1) is 10.1 Å². The molecule has 1 fully saturated rings. The van der Waals surface area contributed by atoms with Crippen LogP contribution < -0.4 is 10.7 Å². The highest BCUT2D eigenvalue weighted by molar-refractivity contribution is 5.95. The second kappa shape index (κ2) is 8.00. The summed E-state index contributed by atoms with van der Waals surface area (Å²) in [5, 5.41) is 14.3. The molecule has 3 aromatic rings. The van der Waals surface area contributed by atoms with Crippen molar-refractivity contribution in [1.29, 1.82) is 0 Å². The molecule has 0 unspecified atom stereocenters. The molecule has 4 rings (SSSR count). The Hall–Kier alpha value is -3.26. The first-order valence-electron chi connectivity index (χ1n) is 9.68. The third-order valence-corrected chi connectivity index (χ3v) is 5.25. The molecule has 8 heteroatoms. The van der Waals surface area contributed by atoms with Crippen molar-refractivity contribution in [1.82, 2.24) is 4.90 Å². The lowest BCUT2D eigenvalue weighted by Gasteiger charge is -2.25. The number of amides is 1. The van der Waals surface area contributed by atoms with E-state index in [0.29, 0.717) is 23.1 Å². The molecule has 0 spiro atoms. The van der Waals surface area contributed by atoms with E-state index in [1.807, 2.05) is 0 Å². The standard InChI is InChI=1S/C21H21N3O5/c25-20(8-11-23-9-2-1-3-10-23)22-14-4-6-16-19(12-14)29-18-7-5-15(24(27)28)13-17(18)21(16)26/h4-7,12-13H,1-3,8-11H2,(H,22,25). The number of nitro groups is 1. The third kappa shape index (κ3) is 4.12. The van der Waals surface area contributed by atoms with Crippen LogP contribution in [0.4, 0.5) is 11.4 Å². The minimum absolute atomic E-state index is 0.0892. The van der Waals surface area contributed by atoms with Crippen LogP contribution in [0.15, 0.2) is 45.6 Å². The van der Waals surface area contributed by atoms with Crippen molar-refractivity contribution < 1.29 is 14.1 Å². The molecule has 0 bridgehead atoms. The fraction of sp³-hybridized carbons (Fsp3) is 0.333. The van der Waals surface area contributed by atoms with Crippen LogP contribution in [0.3, 0.4) is 0 Å². The first kappa shape index (κ1) is 19.1. The minimum atomic E-state index is -0.550. The molecule has 1 aliphatic rings. The number of benzene rings is 2. The van der Waals surface area contributed by atoms with E-state index in [1.165, 1.54) is 37.5 Å². The van der Waals surface area contributed by atoms with Crippen molar-refractivity contribution in [2.75, 3.05) is 25.0 Å². The Bertz CT molecular complexity index is 1150. The average Bonchev–Trinajstić information content (AvgIpc) is 2.73. The summed E-state index contributed by atoms with van der Waals surface area (Å²) in [5.74, 6) is -0.0892. The van der Waals surface area contributed by atoms with Gasteiger partial charge in [-0.2, -0.15) is 0 Å². The van der Waals surface area contributed by atoms with Crippen LogP contribution in [-0.2, 0) is 4.79 Å². The maximum Gasteiger partial charge on any atom is 0.270 e. The molecule has 0 aliphatic carbocycles. The number of carbonyl (C=O) groups is 1. The number of carbonyl (C=O) groups excluding carboxylic acids is 1. The summed E-state index contributed by atoms with van der Waals surface area (Å²) in [6.45, 7) is 2.82. The molecule has 8 nitrogen and oxygen atoms in total. The molecule has 1 N–H and O–H groups in total. The number of piperidine rings is 1. The predicted molar refractivity (Wildman–Crippen MR) is 110 cm³/mol. The van der Waals surface area contributed by atoms with E-state index in [9.17, 15) is 19.7 Å². The number of hydrogen-bond donors (Lipinski definition) is 1. The number of nitro benzene ring substituents is 1. The van der Waals surface area contributed by atoms with E-state index in [2.05, 4.69) is 10.2 Å². The van der Waals surface area contributed by atoms with Gasteiger partial charge in [0.2, 0.25) is 11.3 Å². The Labute approximate surface area is 166 Å². The minimum Gasteiger partial charge on any atom is -0.456 e. The molecular weight excluding hydrogens is 374 g/mol. The zero-order chi connectivity index (χ0) is 20.4. The number of nitrogens with one attached hydrogen (secondary N) is 1. The Morgan fingerprint density at radius 2 is 1.86 bits per heavy atom. The van der Waals surface area contributed by atoms with Crippen molar-refractivity contribution in [2.24, 2.45) is 0 Å². The highest BCUT2D eigenvalue weighted by atomic mass is 16.6. The van der Waals surface area contributed by atoms with Gasteiger partial charge in [0.25, 0.3) is 5.69 Å². The van der Waals surface area contributed by atoms with Gasteiger partial charge in [-0.3, -0.25) is 19.7 Å². The first-order chi connectivity index (χ1) is 14.0. The fourth-order valence-electron chi connectivity index (χ4n) is 3.70. The van der Waals surface area contributed by atoms with E-state index in [4.69, 9.17) is 4.42 Å². The zero-order valence-electron chi connectivity index (χ0n) is 15.8. The summed E-state index contributed by atoms with van der Waals surface area (Å²) in [5.41, 5.74) is 0.632. The number of anilines is 1. The van der Waals surface area contributed by atoms with Gasteiger partial charge in [0.05, 0.1) is 15.7 Å². The van der Waals surface area contributed by atoms with E-state index in [0.717, 1.165) is 19.6 Å². The Kier molecular flexibility index (Phi) is 5.26. The Morgan fingerprint density at radius 1 is 1.07 bits per heavy atom. The van der Waals surface area contributed by atoms with Gasteiger partial charge in [-0.25, -0.2) is 0 Å². The van der Waals surface area contributed by atoms with Gasteiger partial charge < -0.3 is 14.6 Å². The summed E-state index contributed by atoms with van der Waals surface area (Å²) in [6.07, 6.45) is 4.03. The Morgan fingerprint density at radius 3 is 2.62 bits per heavy atom. The first-order valence-corrected chi connectivity index (χ1v) is 9.68. The van der Waals surface area contributed by atoms with Crippen LogP contribution in [0.2, 0.25) is 0 Å². The topological polar surface area (TPSA) is 106 Å². The lowest BCUT2D eigenvalue weighted by molar-refractivity contribution is -0.384. The molecule has 1 saturated heterocycles. The SMILES string of the molecule is O=C(CCN1CCCCC1)Nc1ccc2c(=O)c3cc([N+](=O)[O-])ccc3oc2c1. The predicted octanol–water partition coefficient (Wildman–Crippen LogP) is 3.67. The fourth-order valence-corrected chi connectivity index (χ4v) is 3.70. The van der Waals surface area contributed by atoms with E-state index < -0.39 is 4.92 Å². The van der Waals surface area contributed by atoms with Gasteiger partial charge in [0.15, 0.2) is 0 Å². The van der Waals surface area contributed by atoms with Crippen molar-refractivity contribution in [2.45, 2.75) is 25.7 Å². The summed E-state index contributed by atoms with van der Waals surface area (Å²) < 4.78 is 5.76. The molecule has 2 aromatic carbocycles. The second-order valence-electron chi connectivity index (χ2n) is 7.28. The van der Waals surface area contributed by atoms with Crippen LogP contribution in [0.1, 0.15) is 25.7 Å². The number of rotatable bonds is 5. The van der Waals surface area contributed by atoms with E-state index >= 15 is 0 Å². The summed E-state index contributed by atoms with van der Waals surface area (Å²) in [7, 11) is 0. The summed E-state index contributed by atoms with van der Waals surface area (Å²) in [6, 6.07) is 8.75. The molecule has 0 atom stereocenters. The summed E-state index contributed by atoms with van der Waals surface area (Å²) >= 11 is 0. The third-order valence-electron chi connectivity index (χ3n) is 5.25. The van der Waals surface area contributed by atoms with Crippen LogP contribution in [0.25, 0.3) is 21.9 Å². The molecule has 0 radical (unpaired) electrons. The smallest absolute Gasteiger partial charge is 0.270 e. The van der Waals surface area contributed by atoms with Crippen LogP contribution in [0.5, 0.6) is 0 Å². The molecule has 1 aromatic heterocycles. The largest absolute Gasteiger partial charge is 0.456 e. The lowest BCUT2D eigenvalue weighted by Crippen LogP contribution is -2.32. The number of hydrogen-bond acceptors (Lipinski definition) is 6. The van der Waals surface area contributed by atoms with Crippen molar-refractivity contribution in [3.63, 3.8) is 0 Å². The Balaban J connectivity index is 1.54. The molecule has 150 valence electrons. The highest BCUT2D eigenvalue weighted by Gasteiger charge is 2.15. The molecule has 1 amide bonds. The van der Waals surface area contributed by atoms with Crippen molar-refractivity contribution >= 4 is 39.2 Å². The van der Waals surface area contributed by atoms with Gasteiger partial charge in [0.1, 0.15) is 11.2 Å².